The van der Waals surface area contributed by atoms with Gasteiger partial charge in [-0.3, -0.25) is 4.79 Å². The number of halogens is 1. The van der Waals surface area contributed by atoms with Crippen molar-refractivity contribution in [3.8, 4) is 0 Å². The van der Waals surface area contributed by atoms with E-state index in [0.717, 1.165) is 0 Å². The second kappa shape index (κ2) is 7.90. The average Bonchev–Trinajstić information content (AvgIpc) is 2.67. The maximum absolute atomic E-state index is 13.0. The van der Waals surface area contributed by atoms with E-state index in [0.29, 0.717) is 21.2 Å². The summed E-state index contributed by atoms with van der Waals surface area (Å²) in [5.41, 5.74) is 1.50. The molecule has 25 heavy (non-hydrogen) atoms. The number of hydrogen-bond acceptors (Lipinski definition) is 3. The molecule has 0 saturated heterocycles. The molecule has 124 valence electrons. The van der Waals surface area contributed by atoms with Crippen molar-refractivity contribution in [2.75, 3.05) is 0 Å². The molecule has 3 aromatic carbocycles. The minimum Gasteiger partial charge on any atom is -0.445 e. The van der Waals surface area contributed by atoms with Crippen LogP contribution in [0.1, 0.15) is 32.4 Å². The van der Waals surface area contributed by atoms with Gasteiger partial charge in [0.2, 0.25) is 5.78 Å². The molecule has 4 heteroatoms. The molecule has 3 aromatic rings. The van der Waals surface area contributed by atoms with E-state index in [2.05, 4.69) is 15.9 Å². The van der Waals surface area contributed by atoms with Crippen LogP contribution in [0.2, 0.25) is 0 Å². The Labute approximate surface area is 154 Å². The molecule has 0 radical (unpaired) electrons. The van der Waals surface area contributed by atoms with E-state index in [1.165, 1.54) is 0 Å². The van der Waals surface area contributed by atoms with Crippen molar-refractivity contribution >= 4 is 27.7 Å². The molecule has 0 aliphatic rings. The fourth-order valence-electron chi connectivity index (χ4n) is 2.45. The van der Waals surface area contributed by atoms with Gasteiger partial charge in [-0.25, -0.2) is 4.79 Å². The molecule has 0 heterocycles. The van der Waals surface area contributed by atoms with Crippen molar-refractivity contribution in [3.63, 3.8) is 0 Å². The topological polar surface area (TPSA) is 43.4 Å². The van der Waals surface area contributed by atoms with E-state index >= 15 is 0 Å². The van der Waals surface area contributed by atoms with E-state index in [-0.39, 0.29) is 5.78 Å². The quantitative estimate of drug-likeness (QED) is 0.439. The number of benzene rings is 3. The minimum absolute atomic E-state index is 0.267. The Kier molecular flexibility index (Phi) is 5.41. The van der Waals surface area contributed by atoms with Crippen LogP contribution in [0.15, 0.2) is 89.4 Å². The molecule has 1 unspecified atom stereocenters. The molecule has 0 aliphatic carbocycles. The van der Waals surface area contributed by atoms with Gasteiger partial charge in [-0.2, -0.15) is 0 Å². The average molecular weight is 395 g/mol. The van der Waals surface area contributed by atoms with E-state index in [1.54, 1.807) is 54.6 Å². The standard InChI is InChI=1S/C21H15BrO3/c22-18-14-8-7-13-17(18)20(19(23)15-9-3-1-4-10-15)25-21(24)16-11-5-2-6-12-16/h1-14,20H. The van der Waals surface area contributed by atoms with E-state index < -0.39 is 12.1 Å². The van der Waals surface area contributed by atoms with Crippen molar-refractivity contribution < 1.29 is 14.3 Å². The summed E-state index contributed by atoms with van der Waals surface area (Å²) in [7, 11) is 0. The Morgan fingerprint density at radius 2 is 1.24 bits per heavy atom. The lowest BCUT2D eigenvalue weighted by Crippen LogP contribution is -2.20. The summed E-state index contributed by atoms with van der Waals surface area (Å²) in [4.78, 5) is 25.5. The lowest BCUT2D eigenvalue weighted by molar-refractivity contribution is 0.0278. The van der Waals surface area contributed by atoms with Gasteiger partial charge >= 0.3 is 5.97 Å². The second-order valence-corrected chi connectivity index (χ2v) is 6.26. The van der Waals surface area contributed by atoms with Crippen LogP contribution < -0.4 is 0 Å². The van der Waals surface area contributed by atoms with Crippen molar-refractivity contribution in [2.45, 2.75) is 6.10 Å². The van der Waals surface area contributed by atoms with Crippen LogP contribution in [0.25, 0.3) is 0 Å². The van der Waals surface area contributed by atoms with Gasteiger partial charge in [0.1, 0.15) is 0 Å². The SMILES string of the molecule is O=C(OC(C(=O)c1ccccc1)c1ccccc1Br)c1ccccc1. The Bertz CT molecular complexity index is 876. The van der Waals surface area contributed by atoms with Crippen molar-refractivity contribution in [1.29, 1.82) is 0 Å². The highest BCUT2D eigenvalue weighted by Gasteiger charge is 2.28. The third-order valence-corrected chi connectivity index (χ3v) is 4.44. The highest BCUT2D eigenvalue weighted by atomic mass is 79.9. The third-order valence-electron chi connectivity index (χ3n) is 3.72. The maximum Gasteiger partial charge on any atom is 0.339 e. The first kappa shape index (κ1) is 17.1. The van der Waals surface area contributed by atoms with Crippen LogP contribution in [-0.2, 0) is 4.74 Å². The van der Waals surface area contributed by atoms with Gasteiger partial charge in [0.15, 0.2) is 6.10 Å². The van der Waals surface area contributed by atoms with Gasteiger partial charge in [0.25, 0.3) is 0 Å². The number of ketones is 1. The molecule has 0 fully saturated rings. The summed E-state index contributed by atoms with van der Waals surface area (Å²) < 4.78 is 6.31. The first-order valence-electron chi connectivity index (χ1n) is 7.76. The number of esters is 1. The molecule has 3 rings (SSSR count). The molecular weight excluding hydrogens is 380 g/mol. The zero-order valence-electron chi connectivity index (χ0n) is 13.3. The summed E-state index contributed by atoms with van der Waals surface area (Å²) in [5.74, 6) is -0.803. The van der Waals surface area contributed by atoms with Crippen molar-refractivity contribution in [3.05, 3.63) is 106 Å². The highest BCUT2D eigenvalue weighted by molar-refractivity contribution is 9.10. The normalized spacial score (nSPS) is 11.6. The summed E-state index contributed by atoms with van der Waals surface area (Å²) in [6.07, 6.45) is -1.02. The Morgan fingerprint density at radius 1 is 0.720 bits per heavy atom. The lowest BCUT2D eigenvalue weighted by atomic mass is 9.99. The van der Waals surface area contributed by atoms with Gasteiger partial charge in [-0.05, 0) is 18.2 Å². The van der Waals surface area contributed by atoms with Gasteiger partial charge in [-0.1, -0.05) is 82.7 Å². The van der Waals surface area contributed by atoms with Crippen molar-refractivity contribution in [2.24, 2.45) is 0 Å². The number of ether oxygens (including phenoxy) is 1. The molecular formula is C21H15BrO3. The molecule has 0 N–H and O–H groups in total. The largest absolute Gasteiger partial charge is 0.445 e. The number of carbonyl (C=O) groups is 2. The molecule has 3 nitrogen and oxygen atoms in total. The minimum atomic E-state index is -1.02. The van der Waals surface area contributed by atoms with Gasteiger partial charge in [0.05, 0.1) is 5.56 Å². The summed E-state index contributed by atoms with van der Waals surface area (Å²) in [5, 5.41) is 0. The van der Waals surface area contributed by atoms with Crippen LogP contribution in [0, 0.1) is 0 Å². The first-order chi connectivity index (χ1) is 12.2. The van der Waals surface area contributed by atoms with Crippen LogP contribution in [0.4, 0.5) is 0 Å². The highest BCUT2D eigenvalue weighted by Crippen LogP contribution is 2.29. The molecule has 1 atom stereocenters. The predicted molar refractivity (Wildman–Crippen MR) is 99.5 cm³/mol. The number of hydrogen-bond donors (Lipinski definition) is 0. The van der Waals surface area contributed by atoms with Crippen molar-refractivity contribution in [1.82, 2.24) is 0 Å². The fourth-order valence-corrected chi connectivity index (χ4v) is 2.94. The Balaban J connectivity index is 1.96. The molecule has 0 amide bonds. The van der Waals surface area contributed by atoms with E-state index in [4.69, 9.17) is 4.74 Å². The number of carbonyl (C=O) groups excluding carboxylic acids is 2. The summed E-state index contributed by atoms with van der Waals surface area (Å²) >= 11 is 3.44. The van der Waals surface area contributed by atoms with Crippen LogP contribution in [0.5, 0.6) is 0 Å². The fraction of sp³-hybridized carbons (Fsp3) is 0.0476. The van der Waals surface area contributed by atoms with Gasteiger partial charge in [0, 0.05) is 15.6 Å². The van der Waals surface area contributed by atoms with Crippen LogP contribution in [-0.4, -0.2) is 11.8 Å². The molecule has 0 aromatic heterocycles. The molecule has 0 aliphatic heterocycles. The summed E-state index contributed by atoms with van der Waals surface area (Å²) in [6.45, 7) is 0. The zero-order valence-corrected chi connectivity index (χ0v) is 14.8. The molecule has 0 bridgehead atoms. The Hall–Kier alpha value is -2.72. The predicted octanol–water partition coefficient (Wildman–Crippen LogP) is 5.23. The zero-order chi connectivity index (χ0) is 17.6. The van der Waals surface area contributed by atoms with Crippen LogP contribution in [0.3, 0.4) is 0 Å². The van der Waals surface area contributed by atoms with E-state index in [1.807, 2.05) is 30.3 Å². The van der Waals surface area contributed by atoms with Gasteiger partial charge < -0.3 is 4.74 Å². The first-order valence-corrected chi connectivity index (χ1v) is 8.56. The summed E-state index contributed by atoms with van der Waals surface area (Å²) in [6, 6.07) is 24.7. The smallest absolute Gasteiger partial charge is 0.339 e. The number of Topliss-reactive ketones (excluding diaryl/α,β-unsaturated/α-hetero) is 1. The lowest BCUT2D eigenvalue weighted by Gasteiger charge is -2.18. The number of rotatable bonds is 5. The van der Waals surface area contributed by atoms with Crippen LogP contribution >= 0.6 is 15.9 Å². The molecule has 0 saturated carbocycles. The monoisotopic (exact) mass is 394 g/mol. The molecule has 0 spiro atoms. The van der Waals surface area contributed by atoms with E-state index in [9.17, 15) is 9.59 Å². The maximum atomic E-state index is 13.0. The third kappa shape index (κ3) is 4.03. The second-order valence-electron chi connectivity index (χ2n) is 5.40. The van der Waals surface area contributed by atoms with Gasteiger partial charge in [-0.15, -0.1) is 0 Å². The Morgan fingerprint density at radius 3 is 1.84 bits per heavy atom.